The first-order chi connectivity index (χ1) is 11.3. The summed E-state index contributed by atoms with van der Waals surface area (Å²) in [5.41, 5.74) is 7.38. The van der Waals surface area contributed by atoms with Crippen molar-refractivity contribution in [2.75, 3.05) is 6.26 Å². The molecule has 2 saturated carbocycles. The van der Waals surface area contributed by atoms with Crippen molar-refractivity contribution in [2.45, 2.75) is 56.0 Å². The first-order valence-corrected chi connectivity index (χ1v) is 10.5. The van der Waals surface area contributed by atoms with Gasteiger partial charge in [-0.1, -0.05) is 12.5 Å². The molecule has 2 atom stereocenters. The summed E-state index contributed by atoms with van der Waals surface area (Å²) in [7, 11) is -3.33. The summed E-state index contributed by atoms with van der Waals surface area (Å²) in [5, 5.41) is 3.19. The zero-order valence-corrected chi connectivity index (χ0v) is 15.1. The third kappa shape index (κ3) is 3.49. The Labute approximate surface area is 143 Å². The Kier molecular flexibility index (Phi) is 4.71. The molecule has 3 rings (SSSR count). The van der Waals surface area contributed by atoms with E-state index in [0.29, 0.717) is 17.4 Å². The predicted octanol–water partition coefficient (Wildman–Crippen LogP) is 2.03. The van der Waals surface area contributed by atoms with Crippen LogP contribution in [0.1, 0.15) is 48.0 Å². The number of carbonyl (C=O) groups is 1. The molecule has 2 bridgehead atoms. The lowest BCUT2D eigenvalue weighted by Crippen LogP contribution is -2.53. The highest BCUT2D eigenvalue weighted by molar-refractivity contribution is 7.90. The first-order valence-electron chi connectivity index (χ1n) is 8.63. The molecule has 1 aromatic carbocycles. The molecule has 0 saturated heterocycles. The van der Waals surface area contributed by atoms with Gasteiger partial charge in [0.15, 0.2) is 9.84 Å². The van der Waals surface area contributed by atoms with Crippen molar-refractivity contribution in [1.82, 2.24) is 5.32 Å². The van der Waals surface area contributed by atoms with Crippen molar-refractivity contribution in [3.63, 3.8) is 0 Å². The Morgan fingerprint density at radius 2 is 1.83 bits per heavy atom. The van der Waals surface area contributed by atoms with Gasteiger partial charge in [-0.05, 0) is 62.1 Å². The fourth-order valence-electron chi connectivity index (χ4n) is 4.33. The minimum absolute atomic E-state index is 0.160. The molecule has 0 aliphatic heterocycles. The van der Waals surface area contributed by atoms with E-state index < -0.39 is 9.84 Å². The van der Waals surface area contributed by atoms with Gasteiger partial charge in [-0.2, -0.15) is 0 Å². The quantitative estimate of drug-likeness (QED) is 0.873. The van der Waals surface area contributed by atoms with E-state index in [-0.39, 0.29) is 22.9 Å². The molecule has 3 N–H and O–H groups in total. The van der Waals surface area contributed by atoms with Gasteiger partial charge >= 0.3 is 0 Å². The Hall–Kier alpha value is -1.40. The number of nitrogens with one attached hydrogen (secondary N) is 1. The van der Waals surface area contributed by atoms with Crippen molar-refractivity contribution in [3.8, 4) is 0 Å². The lowest BCUT2D eigenvalue weighted by atomic mass is 9.67. The summed E-state index contributed by atoms with van der Waals surface area (Å²) < 4.78 is 23.5. The van der Waals surface area contributed by atoms with Crippen molar-refractivity contribution < 1.29 is 13.2 Å². The van der Waals surface area contributed by atoms with E-state index in [4.69, 9.17) is 5.73 Å². The summed E-state index contributed by atoms with van der Waals surface area (Å²) in [6, 6.07) is 5.14. The fourth-order valence-corrected chi connectivity index (χ4v) is 4.98. The molecular formula is C18H26N2O3S. The Bertz CT molecular complexity index is 731. The maximum Gasteiger partial charge on any atom is 0.251 e. The second kappa shape index (κ2) is 6.48. The smallest absolute Gasteiger partial charge is 0.251 e. The third-order valence-corrected chi connectivity index (χ3v) is 6.67. The largest absolute Gasteiger partial charge is 0.349 e. The van der Waals surface area contributed by atoms with Crippen molar-refractivity contribution in [2.24, 2.45) is 17.6 Å². The lowest BCUT2D eigenvalue weighted by molar-refractivity contribution is 0.0755. The van der Waals surface area contributed by atoms with Gasteiger partial charge in [-0.3, -0.25) is 4.79 Å². The number of rotatable bonds is 3. The third-order valence-electron chi connectivity index (χ3n) is 5.56. The normalized spacial score (nSPS) is 30.0. The highest BCUT2D eigenvalue weighted by atomic mass is 32.2. The molecule has 0 heterocycles. The van der Waals surface area contributed by atoms with Crippen LogP contribution < -0.4 is 11.1 Å². The number of amides is 1. The standard InChI is InChI=1S/C18H26N2O3S/c1-11-6-7-15(24(2,22)23)10-16(11)18(21)20-17-12-4-3-5-13(17)9-14(19)8-12/h6-7,10,12-14,17H,3-5,8-9,19H2,1-2H3,(H,20,21). The van der Waals surface area contributed by atoms with Gasteiger partial charge in [0.2, 0.25) is 0 Å². The van der Waals surface area contributed by atoms with Gasteiger partial charge < -0.3 is 11.1 Å². The summed E-state index contributed by atoms with van der Waals surface area (Å²) in [4.78, 5) is 13.0. The van der Waals surface area contributed by atoms with E-state index in [2.05, 4.69) is 5.32 Å². The molecule has 1 amide bonds. The number of carbonyl (C=O) groups excluding carboxylic acids is 1. The molecule has 2 aliphatic rings. The first kappa shape index (κ1) is 17.4. The van der Waals surface area contributed by atoms with Crippen LogP contribution in [0, 0.1) is 18.8 Å². The number of hydrogen-bond donors (Lipinski definition) is 2. The molecule has 2 fully saturated rings. The molecule has 0 aromatic heterocycles. The second-order valence-electron chi connectivity index (χ2n) is 7.43. The number of benzene rings is 1. The highest BCUT2D eigenvalue weighted by Crippen LogP contribution is 2.39. The maximum absolute atomic E-state index is 12.8. The number of sulfone groups is 1. The number of nitrogens with two attached hydrogens (primary N) is 1. The van der Waals surface area contributed by atoms with Crippen LogP contribution in [0.25, 0.3) is 0 Å². The van der Waals surface area contributed by atoms with Crippen LogP contribution in [0.2, 0.25) is 0 Å². The molecule has 2 aliphatic carbocycles. The molecule has 1 aromatic rings. The van der Waals surface area contributed by atoms with Crippen LogP contribution in [0.5, 0.6) is 0 Å². The molecule has 132 valence electrons. The SMILES string of the molecule is Cc1ccc(S(C)(=O)=O)cc1C(=O)NC1C2CCCC1CC(N)C2. The van der Waals surface area contributed by atoms with Gasteiger partial charge in [0.25, 0.3) is 5.91 Å². The molecule has 5 nitrogen and oxygen atoms in total. The molecule has 6 heteroatoms. The van der Waals surface area contributed by atoms with Crippen LogP contribution in [-0.2, 0) is 9.84 Å². The van der Waals surface area contributed by atoms with Crippen LogP contribution >= 0.6 is 0 Å². The average molecular weight is 350 g/mol. The zero-order chi connectivity index (χ0) is 17.5. The minimum Gasteiger partial charge on any atom is -0.349 e. The minimum atomic E-state index is -3.33. The van der Waals surface area contributed by atoms with Gasteiger partial charge in [0.1, 0.15) is 0 Å². The second-order valence-corrected chi connectivity index (χ2v) is 9.45. The summed E-state index contributed by atoms with van der Waals surface area (Å²) >= 11 is 0. The lowest BCUT2D eigenvalue weighted by Gasteiger charge is -2.45. The molecule has 2 unspecified atom stereocenters. The topological polar surface area (TPSA) is 89.3 Å². The Balaban J connectivity index is 1.83. The Morgan fingerprint density at radius 3 is 2.42 bits per heavy atom. The summed E-state index contributed by atoms with van der Waals surface area (Å²) in [6.45, 7) is 1.83. The van der Waals surface area contributed by atoms with E-state index in [0.717, 1.165) is 37.5 Å². The Morgan fingerprint density at radius 1 is 1.21 bits per heavy atom. The molecular weight excluding hydrogens is 324 g/mol. The molecule has 0 spiro atoms. The fraction of sp³-hybridized carbons (Fsp3) is 0.611. The van der Waals surface area contributed by atoms with E-state index in [1.807, 2.05) is 6.92 Å². The highest BCUT2D eigenvalue weighted by Gasteiger charge is 2.40. The van der Waals surface area contributed by atoms with Crippen LogP contribution in [0.3, 0.4) is 0 Å². The van der Waals surface area contributed by atoms with Crippen molar-refractivity contribution in [1.29, 1.82) is 0 Å². The number of fused-ring (bicyclic) bond motifs is 2. The van der Waals surface area contributed by atoms with Crippen molar-refractivity contribution in [3.05, 3.63) is 29.3 Å². The van der Waals surface area contributed by atoms with Crippen LogP contribution in [0.15, 0.2) is 23.1 Å². The van der Waals surface area contributed by atoms with Gasteiger partial charge in [0.05, 0.1) is 4.90 Å². The van der Waals surface area contributed by atoms with Gasteiger partial charge in [-0.15, -0.1) is 0 Å². The summed E-state index contributed by atoms with van der Waals surface area (Å²) in [5.74, 6) is 0.708. The van der Waals surface area contributed by atoms with E-state index in [1.54, 1.807) is 12.1 Å². The number of hydrogen-bond acceptors (Lipinski definition) is 4. The van der Waals surface area contributed by atoms with Gasteiger partial charge in [-0.25, -0.2) is 8.42 Å². The van der Waals surface area contributed by atoms with Crippen LogP contribution in [0.4, 0.5) is 0 Å². The van der Waals surface area contributed by atoms with E-state index in [9.17, 15) is 13.2 Å². The summed E-state index contributed by atoms with van der Waals surface area (Å²) in [6.07, 6.45) is 6.51. The van der Waals surface area contributed by atoms with Crippen LogP contribution in [-0.4, -0.2) is 32.7 Å². The number of aryl methyl sites for hydroxylation is 1. The van der Waals surface area contributed by atoms with E-state index >= 15 is 0 Å². The molecule has 0 radical (unpaired) electrons. The molecule has 24 heavy (non-hydrogen) atoms. The average Bonchev–Trinajstić information content (AvgIpc) is 2.47. The maximum atomic E-state index is 12.8. The zero-order valence-electron chi connectivity index (χ0n) is 14.3. The monoisotopic (exact) mass is 350 g/mol. The van der Waals surface area contributed by atoms with E-state index in [1.165, 1.54) is 12.5 Å². The predicted molar refractivity (Wildman–Crippen MR) is 93.6 cm³/mol. The van der Waals surface area contributed by atoms with Gasteiger partial charge in [0, 0.05) is 23.9 Å². The van der Waals surface area contributed by atoms with Crippen molar-refractivity contribution >= 4 is 15.7 Å².